The molecule has 0 unspecified atom stereocenters. The number of alkyl halides is 3. The minimum Gasteiger partial charge on any atom is -0.390 e. The van der Waals surface area contributed by atoms with E-state index >= 15 is 0 Å². The summed E-state index contributed by atoms with van der Waals surface area (Å²) in [5.74, 6) is -0.896. The fourth-order valence-electron chi connectivity index (χ4n) is 0.849. The van der Waals surface area contributed by atoms with E-state index in [9.17, 15) is 28.1 Å². The third-order valence-corrected chi connectivity index (χ3v) is 2.17. The molecule has 0 aliphatic carbocycles. The largest absolute Gasteiger partial charge is 0.574 e. The number of nitrogens with zero attached hydrogens (tertiary/aromatic N) is 1. The number of H-pyrrole nitrogens is 1. The van der Waals surface area contributed by atoms with E-state index in [4.69, 9.17) is 0 Å². The van der Waals surface area contributed by atoms with E-state index in [0.717, 1.165) is 0 Å². The lowest BCUT2D eigenvalue weighted by molar-refractivity contribution is -0.387. The Hall–Kier alpha value is -1.33. The second-order valence-electron chi connectivity index (χ2n) is 2.46. The summed E-state index contributed by atoms with van der Waals surface area (Å²) in [6.45, 7) is 0. The minimum absolute atomic E-state index is 0.245. The first-order valence-corrected chi connectivity index (χ1v) is 4.61. The van der Waals surface area contributed by atoms with E-state index in [-0.39, 0.29) is 3.57 Å². The Kier molecular flexibility index (Phi) is 3.40. The van der Waals surface area contributed by atoms with Gasteiger partial charge in [-0.2, -0.15) is 0 Å². The zero-order valence-electron chi connectivity index (χ0n) is 7.17. The zero-order chi connectivity index (χ0) is 12.5. The molecule has 0 atom stereocenters. The molecule has 0 radical (unpaired) electrons. The van der Waals surface area contributed by atoms with Gasteiger partial charge in [0.05, 0.1) is 4.92 Å². The van der Waals surface area contributed by atoms with Gasteiger partial charge < -0.3 is 4.74 Å². The fourth-order valence-corrected chi connectivity index (χ4v) is 1.57. The molecule has 10 heteroatoms. The lowest BCUT2D eigenvalue weighted by Gasteiger charge is -2.08. The summed E-state index contributed by atoms with van der Waals surface area (Å²) in [6, 6.07) is 0.716. The predicted octanol–water partition coefficient (Wildman–Crippen LogP) is 1.79. The van der Waals surface area contributed by atoms with Crippen LogP contribution in [0.3, 0.4) is 0 Å². The van der Waals surface area contributed by atoms with Crippen molar-refractivity contribution in [3.05, 3.63) is 30.1 Å². The van der Waals surface area contributed by atoms with E-state index in [1.807, 2.05) is 0 Å². The molecule has 0 aromatic carbocycles. The van der Waals surface area contributed by atoms with Crippen molar-refractivity contribution >= 4 is 28.3 Å². The summed E-state index contributed by atoms with van der Waals surface area (Å²) in [7, 11) is 0. The van der Waals surface area contributed by atoms with Crippen LogP contribution >= 0.6 is 22.6 Å². The third kappa shape index (κ3) is 3.08. The van der Waals surface area contributed by atoms with Crippen LogP contribution in [0.5, 0.6) is 5.88 Å². The van der Waals surface area contributed by atoms with Gasteiger partial charge in [-0.15, -0.1) is 13.2 Å². The van der Waals surface area contributed by atoms with Gasteiger partial charge in [0.15, 0.2) is 0 Å². The van der Waals surface area contributed by atoms with Crippen molar-refractivity contribution in [1.29, 1.82) is 0 Å². The van der Waals surface area contributed by atoms with E-state index < -0.39 is 28.4 Å². The van der Waals surface area contributed by atoms with Gasteiger partial charge in [-0.3, -0.25) is 19.9 Å². The summed E-state index contributed by atoms with van der Waals surface area (Å²) in [5, 5.41) is 10.4. The Labute approximate surface area is 98.7 Å². The Morgan fingerprint density at radius 1 is 1.50 bits per heavy atom. The van der Waals surface area contributed by atoms with Gasteiger partial charge in [0.25, 0.3) is 0 Å². The number of hydrogen-bond donors (Lipinski definition) is 1. The number of aromatic nitrogens is 1. The van der Waals surface area contributed by atoms with Crippen molar-refractivity contribution in [2.24, 2.45) is 0 Å². The number of nitrogens with one attached hydrogen (secondary N) is 1. The maximum atomic E-state index is 11.8. The molecule has 1 aromatic rings. The first kappa shape index (κ1) is 12.7. The highest BCUT2D eigenvalue weighted by Crippen LogP contribution is 2.24. The monoisotopic (exact) mass is 350 g/mol. The number of halogens is 4. The molecule has 88 valence electrons. The van der Waals surface area contributed by atoms with E-state index in [1.54, 1.807) is 4.98 Å². The smallest absolute Gasteiger partial charge is 0.390 e. The number of rotatable bonds is 2. The van der Waals surface area contributed by atoms with Crippen LogP contribution in [0.2, 0.25) is 0 Å². The molecule has 1 rings (SSSR count). The van der Waals surface area contributed by atoms with Gasteiger partial charge >= 0.3 is 17.6 Å². The van der Waals surface area contributed by atoms with Crippen LogP contribution in [-0.2, 0) is 0 Å². The molecule has 0 spiro atoms. The average Bonchev–Trinajstić information content (AvgIpc) is 1.96. The van der Waals surface area contributed by atoms with Crippen LogP contribution in [0, 0.1) is 13.7 Å². The molecule has 16 heavy (non-hydrogen) atoms. The topological polar surface area (TPSA) is 85.2 Å². The summed E-state index contributed by atoms with van der Waals surface area (Å²) in [6.07, 6.45) is -4.97. The van der Waals surface area contributed by atoms with Gasteiger partial charge in [-0.25, -0.2) is 0 Å². The van der Waals surface area contributed by atoms with Gasteiger partial charge in [-0.05, 0) is 22.6 Å². The number of aromatic amines is 1. The highest BCUT2D eigenvalue weighted by atomic mass is 127. The number of hydrogen-bond acceptors (Lipinski definition) is 4. The van der Waals surface area contributed by atoms with E-state index in [0.29, 0.717) is 6.07 Å². The van der Waals surface area contributed by atoms with Gasteiger partial charge in [0.1, 0.15) is 3.57 Å². The number of pyridine rings is 1. The van der Waals surface area contributed by atoms with Crippen molar-refractivity contribution in [3.63, 3.8) is 0 Å². The quantitative estimate of drug-likeness (QED) is 0.501. The summed E-state index contributed by atoms with van der Waals surface area (Å²) in [4.78, 5) is 22.0. The molecule has 0 aliphatic rings. The van der Waals surface area contributed by atoms with Crippen molar-refractivity contribution in [2.75, 3.05) is 0 Å². The number of nitro groups is 1. The molecule has 0 saturated heterocycles. The molecule has 0 amide bonds. The van der Waals surface area contributed by atoms with Crippen LogP contribution in [0.15, 0.2) is 10.9 Å². The van der Waals surface area contributed by atoms with Crippen molar-refractivity contribution < 1.29 is 22.8 Å². The normalized spacial score (nSPS) is 11.2. The fraction of sp³-hybridized carbons (Fsp3) is 0.167. The minimum atomic E-state index is -4.97. The molecule has 1 N–H and O–H groups in total. The van der Waals surface area contributed by atoms with Crippen molar-refractivity contribution in [1.82, 2.24) is 4.98 Å². The van der Waals surface area contributed by atoms with Crippen molar-refractivity contribution in [3.8, 4) is 5.88 Å². The van der Waals surface area contributed by atoms with Gasteiger partial charge in [0.2, 0.25) is 5.88 Å². The standard InChI is InChI=1S/C6H2F3IN2O4/c7-6(8,9)16-3-1-2(10)4(12(14)15)5(13)11-3/h1H,(H,11,13). The van der Waals surface area contributed by atoms with Gasteiger partial charge in [0, 0.05) is 6.07 Å². The van der Waals surface area contributed by atoms with Crippen LogP contribution in [0.4, 0.5) is 18.9 Å². The highest BCUT2D eigenvalue weighted by molar-refractivity contribution is 14.1. The van der Waals surface area contributed by atoms with E-state index in [1.165, 1.54) is 22.6 Å². The zero-order valence-corrected chi connectivity index (χ0v) is 9.33. The maximum Gasteiger partial charge on any atom is 0.574 e. The number of ether oxygens (including phenoxy) is 1. The van der Waals surface area contributed by atoms with Crippen molar-refractivity contribution in [2.45, 2.75) is 6.36 Å². The molecule has 0 aliphatic heterocycles. The first-order chi connectivity index (χ1) is 7.20. The Morgan fingerprint density at radius 3 is 2.44 bits per heavy atom. The third-order valence-electron chi connectivity index (χ3n) is 1.34. The predicted molar refractivity (Wildman–Crippen MR) is 53.1 cm³/mol. The Morgan fingerprint density at radius 2 is 2.06 bits per heavy atom. The van der Waals surface area contributed by atoms with Crippen LogP contribution in [0.25, 0.3) is 0 Å². The Balaban J connectivity index is 3.21. The summed E-state index contributed by atoms with van der Waals surface area (Å²) >= 11 is 1.37. The molecule has 0 saturated carbocycles. The first-order valence-electron chi connectivity index (χ1n) is 3.53. The molecule has 6 nitrogen and oxygen atoms in total. The molecule has 1 aromatic heterocycles. The lowest BCUT2D eigenvalue weighted by Crippen LogP contribution is -2.21. The van der Waals surface area contributed by atoms with Crippen LogP contribution < -0.4 is 10.3 Å². The molecular weight excluding hydrogens is 348 g/mol. The molecular formula is C6H2F3IN2O4. The average molecular weight is 350 g/mol. The Bertz CT molecular complexity index is 484. The van der Waals surface area contributed by atoms with E-state index in [2.05, 4.69) is 4.74 Å². The molecule has 0 fully saturated rings. The second-order valence-corrected chi connectivity index (χ2v) is 3.63. The van der Waals surface area contributed by atoms with Crippen LogP contribution in [0.1, 0.15) is 0 Å². The SMILES string of the molecule is O=c1[nH]c(OC(F)(F)F)cc(I)c1[N+](=O)[O-]. The molecule has 0 bridgehead atoms. The second kappa shape index (κ2) is 4.27. The van der Waals surface area contributed by atoms with Gasteiger partial charge in [-0.1, -0.05) is 0 Å². The molecule has 1 heterocycles. The lowest BCUT2D eigenvalue weighted by atomic mass is 10.4. The maximum absolute atomic E-state index is 11.8. The summed E-state index contributed by atoms with van der Waals surface area (Å²) < 4.78 is 38.5. The highest BCUT2D eigenvalue weighted by Gasteiger charge is 2.32. The van der Waals surface area contributed by atoms with Crippen LogP contribution in [-0.4, -0.2) is 16.3 Å². The summed E-state index contributed by atoms with van der Waals surface area (Å²) in [5.41, 5.74) is -2.08.